The second kappa shape index (κ2) is 13.4. The van der Waals surface area contributed by atoms with Gasteiger partial charge in [-0.15, -0.1) is 6.58 Å². The highest BCUT2D eigenvalue weighted by Gasteiger charge is 2.60. The van der Waals surface area contributed by atoms with E-state index in [1.54, 1.807) is 11.0 Å². The number of carbonyl (C=O) groups is 5. The van der Waals surface area contributed by atoms with Crippen LogP contribution in [-0.2, 0) is 43.4 Å². The second-order valence-corrected chi connectivity index (χ2v) is 14.8. The summed E-state index contributed by atoms with van der Waals surface area (Å²) < 4.78 is 11.9. The number of carbonyl (C=O) groups excluding carboxylic acids is 5. The quantitative estimate of drug-likeness (QED) is 0.407. The fourth-order valence-electron chi connectivity index (χ4n) is 8.18. The topological polar surface area (TPSA) is 146 Å². The lowest BCUT2D eigenvalue weighted by molar-refractivity contribution is -0.142. The van der Waals surface area contributed by atoms with Crippen LogP contribution in [0, 0.1) is 11.8 Å². The molecule has 3 heterocycles. The first-order valence-electron chi connectivity index (χ1n) is 17.5. The Labute approximate surface area is 282 Å². The van der Waals surface area contributed by atoms with Crippen LogP contribution in [0.4, 0.5) is 9.59 Å². The Morgan fingerprint density at radius 1 is 1.06 bits per heavy atom. The van der Waals surface area contributed by atoms with Crippen LogP contribution in [0.5, 0.6) is 0 Å². The van der Waals surface area contributed by atoms with E-state index in [1.807, 2.05) is 26.0 Å². The molecule has 0 radical (unpaired) electrons. The lowest BCUT2D eigenvalue weighted by Gasteiger charge is -2.33. The summed E-state index contributed by atoms with van der Waals surface area (Å²) in [6.45, 7) is 8.41. The van der Waals surface area contributed by atoms with E-state index in [1.165, 1.54) is 17.5 Å². The third kappa shape index (κ3) is 6.75. The average molecular weight is 664 g/mol. The van der Waals surface area contributed by atoms with Crippen molar-refractivity contribution in [2.24, 2.45) is 11.8 Å². The van der Waals surface area contributed by atoms with E-state index in [-0.39, 0.29) is 30.7 Å². The summed E-state index contributed by atoms with van der Waals surface area (Å²) in [6, 6.07) is 4.21. The molecule has 4 bridgehead atoms. The van der Waals surface area contributed by atoms with E-state index >= 15 is 0 Å². The van der Waals surface area contributed by atoms with E-state index in [2.05, 4.69) is 28.6 Å². The van der Waals surface area contributed by atoms with Gasteiger partial charge in [0.05, 0.1) is 6.54 Å². The maximum Gasteiger partial charge on any atom is 0.410 e. The molecule has 3 fully saturated rings. The van der Waals surface area contributed by atoms with Crippen LogP contribution in [0.2, 0.25) is 0 Å². The third-order valence-corrected chi connectivity index (χ3v) is 11.0. The Balaban J connectivity index is 1.30. The predicted molar refractivity (Wildman–Crippen MR) is 176 cm³/mol. The van der Waals surface area contributed by atoms with Crippen molar-refractivity contribution in [3.05, 3.63) is 47.5 Å². The van der Waals surface area contributed by atoms with Crippen LogP contribution in [0.25, 0.3) is 0 Å². The van der Waals surface area contributed by atoms with Gasteiger partial charge >= 0.3 is 12.2 Å². The summed E-state index contributed by atoms with van der Waals surface area (Å²) in [5, 5.41) is 8.43. The van der Waals surface area contributed by atoms with Gasteiger partial charge in [-0.05, 0) is 81.4 Å². The Hall–Kier alpha value is -4.09. The molecule has 3 aliphatic heterocycles. The molecule has 1 aromatic rings. The SMILES string of the molecule is C=C[C@@H]1C[C@]1(NC(=O)[C@@H]1C[C@@H]2CN1C(=O)[C@H](C1CCCC1)NC(=O)OC(C)(C)CCCCc1cccc3c1CN(C3)C(=O)O2)C(=O)NC. The van der Waals surface area contributed by atoms with Crippen molar-refractivity contribution in [1.29, 1.82) is 0 Å². The molecule has 5 amide bonds. The van der Waals surface area contributed by atoms with Crippen molar-refractivity contribution in [2.75, 3.05) is 13.6 Å². The number of nitrogens with one attached hydrogen (secondary N) is 3. The summed E-state index contributed by atoms with van der Waals surface area (Å²) in [6.07, 6.45) is 6.74. The highest BCUT2D eigenvalue weighted by Crippen LogP contribution is 2.45. The van der Waals surface area contributed by atoms with Gasteiger partial charge in [-0.1, -0.05) is 37.1 Å². The van der Waals surface area contributed by atoms with Crippen molar-refractivity contribution < 1.29 is 33.4 Å². The Morgan fingerprint density at radius 3 is 2.52 bits per heavy atom. The molecule has 5 atom stereocenters. The van der Waals surface area contributed by atoms with Gasteiger partial charge in [0.25, 0.3) is 0 Å². The van der Waals surface area contributed by atoms with Gasteiger partial charge in [0.15, 0.2) is 0 Å². The molecule has 6 rings (SSSR count). The zero-order valence-electron chi connectivity index (χ0n) is 28.3. The number of cyclic esters (lactones) is 1. The van der Waals surface area contributed by atoms with Crippen molar-refractivity contribution in [3.63, 3.8) is 0 Å². The second-order valence-electron chi connectivity index (χ2n) is 14.8. The van der Waals surface area contributed by atoms with Gasteiger partial charge in [0.2, 0.25) is 17.7 Å². The lowest BCUT2D eigenvalue weighted by atomic mass is 9.95. The number of amides is 5. The molecular weight excluding hydrogens is 614 g/mol. The molecule has 1 saturated heterocycles. The molecule has 260 valence electrons. The number of hydrogen-bond donors (Lipinski definition) is 3. The standard InChI is InChI=1S/C36H49N5O7/c1-5-25-18-36(25,32(44)37-4)39-30(42)28-17-26-20-41(28)31(43)29(23-12-6-7-13-23)38-33(45)48-35(2,3)16-9-8-11-22-14-10-15-24-19-40(21-27(22)24)34(46)47-26/h5,10,14-15,23,25-26,28-29H,1,6-9,11-13,16-21H2,2-4H3,(H,37,44)(H,38,45)(H,39,42)/t25-,26-,28+,29+,36-/m1/s1. The van der Waals surface area contributed by atoms with Crippen LogP contribution < -0.4 is 16.0 Å². The fourth-order valence-corrected chi connectivity index (χ4v) is 8.18. The molecule has 5 aliphatic rings. The first-order chi connectivity index (χ1) is 22.9. The number of ether oxygens (including phenoxy) is 2. The first kappa shape index (κ1) is 33.8. The van der Waals surface area contributed by atoms with Crippen LogP contribution in [0.3, 0.4) is 0 Å². The number of likely N-dealkylation sites (N-methyl/N-ethyl adjacent to an activating group) is 1. The summed E-state index contributed by atoms with van der Waals surface area (Å²) in [7, 11) is 1.51. The first-order valence-corrected chi connectivity index (χ1v) is 17.5. The lowest BCUT2D eigenvalue weighted by Crippen LogP contribution is -2.58. The normalized spacial score (nSPS) is 30.7. The summed E-state index contributed by atoms with van der Waals surface area (Å²) >= 11 is 0. The minimum atomic E-state index is -1.15. The molecule has 12 nitrogen and oxygen atoms in total. The van der Waals surface area contributed by atoms with Crippen LogP contribution in [-0.4, -0.2) is 82.6 Å². The number of alkyl carbamates (subject to hydrolysis) is 1. The molecule has 0 spiro atoms. The highest BCUT2D eigenvalue weighted by molar-refractivity contribution is 5.98. The molecule has 2 saturated carbocycles. The number of rotatable bonds is 5. The van der Waals surface area contributed by atoms with Crippen molar-refractivity contribution in [3.8, 4) is 0 Å². The number of aryl methyl sites for hydroxylation is 1. The highest BCUT2D eigenvalue weighted by atomic mass is 16.6. The van der Waals surface area contributed by atoms with Gasteiger partial charge in [0.1, 0.15) is 29.3 Å². The van der Waals surface area contributed by atoms with Gasteiger partial charge in [-0.3, -0.25) is 19.3 Å². The van der Waals surface area contributed by atoms with E-state index in [0.29, 0.717) is 25.9 Å². The van der Waals surface area contributed by atoms with E-state index < -0.39 is 53.3 Å². The predicted octanol–water partition coefficient (Wildman–Crippen LogP) is 3.71. The third-order valence-electron chi connectivity index (χ3n) is 11.0. The number of nitrogens with zero attached hydrogens (tertiary/aromatic N) is 2. The van der Waals surface area contributed by atoms with Crippen LogP contribution in [0.1, 0.15) is 88.3 Å². The number of hydrogen-bond acceptors (Lipinski definition) is 7. The number of benzene rings is 1. The fraction of sp³-hybridized carbons (Fsp3) is 0.639. The zero-order chi connectivity index (χ0) is 34.2. The molecule has 0 unspecified atom stereocenters. The van der Waals surface area contributed by atoms with Gasteiger partial charge in [-0.2, -0.15) is 0 Å². The van der Waals surface area contributed by atoms with Gasteiger partial charge in [0, 0.05) is 32.5 Å². The summed E-state index contributed by atoms with van der Waals surface area (Å²) in [4.78, 5) is 71.4. The Kier molecular flexibility index (Phi) is 9.46. The van der Waals surface area contributed by atoms with E-state index in [0.717, 1.165) is 56.1 Å². The van der Waals surface area contributed by atoms with Crippen molar-refractivity contribution >= 4 is 29.9 Å². The molecule has 48 heavy (non-hydrogen) atoms. The minimum absolute atomic E-state index is 0.0159. The average Bonchev–Trinajstić information content (AvgIpc) is 3.49. The van der Waals surface area contributed by atoms with Crippen molar-refractivity contribution in [2.45, 2.75) is 120 Å². The van der Waals surface area contributed by atoms with Crippen molar-refractivity contribution in [1.82, 2.24) is 25.8 Å². The maximum absolute atomic E-state index is 14.5. The van der Waals surface area contributed by atoms with Crippen LogP contribution >= 0.6 is 0 Å². The largest absolute Gasteiger partial charge is 0.444 e. The molecule has 2 aliphatic carbocycles. The molecule has 3 N–H and O–H groups in total. The molecule has 12 heteroatoms. The van der Waals surface area contributed by atoms with E-state index in [9.17, 15) is 24.0 Å². The summed E-state index contributed by atoms with van der Waals surface area (Å²) in [5.74, 6) is -1.65. The van der Waals surface area contributed by atoms with E-state index in [4.69, 9.17) is 9.47 Å². The molecule has 1 aromatic carbocycles. The summed E-state index contributed by atoms with van der Waals surface area (Å²) in [5.41, 5.74) is 1.49. The van der Waals surface area contributed by atoms with Gasteiger partial charge in [-0.25, -0.2) is 9.59 Å². The minimum Gasteiger partial charge on any atom is -0.444 e. The molecule has 0 aromatic heterocycles. The number of fused-ring (bicyclic) bond motifs is 3. The van der Waals surface area contributed by atoms with Crippen LogP contribution in [0.15, 0.2) is 30.9 Å². The monoisotopic (exact) mass is 663 g/mol. The molecular formula is C36H49N5O7. The smallest absolute Gasteiger partial charge is 0.410 e. The van der Waals surface area contributed by atoms with Gasteiger partial charge < -0.3 is 30.3 Å². The maximum atomic E-state index is 14.5. The Bertz CT molecular complexity index is 1470. The Morgan fingerprint density at radius 2 is 1.81 bits per heavy atom. The zero-order valence-corrected chi connectivity index (χ0v) is 28.3.